The number of esters is 1. The summed E-state index contributed by atoms with van der Waals surface area (Å²) in [5.74, 6) is -1.05. The Kier molecular flexibility index (Phi) is 9.15. The molecule has 7 nitrogen and oxygen atoms in total. The molecule has 0 aromatic carbocycles. The third-order valence-corrected chi connectivity index (χ3v) is 3.20. The zero-order valence-electron chi connectivity index (χ0n) is 13.1. The number of hydrogen-bond donors (Lipinski definition) is 5. The fourth-order valence-corrected chi connectivity index (χ4v) is 1.74. The van der Waals surface area contributed by atoms with Crippen molar-refractivity contribution in [3.63, 3.8) is 0 Å². The quantitative estimate of drug-likeness (QED) is 0.212. The molecule has 0 aromatic rings. The summed E-state index contributed by atoms with van der Waals surface area (Å²) in [5.41, 5.74) is 0.804. The molecule has 0 bridgehead atoms. The zero-order chi connectivity index (χ0) is 17.4. The number of carbonyl (C=O) groups is 1. The minimum Gasteiger partial charge on any atom is -0.459 e. The lowest BCUT2D eigenvalue weighted by Gasteiger charge is -2.21. The van der Waals surface area contributed by atoms with Crippen LogP contribution in [0.1, 0.15) is 20.8 Å². The Labute approximate surface area is 130 Å². The van der Waals surface area contributed by atoms with E-state index in [2.05, 4.69) is 6.58 Å². The van der Waals surface area contributed by atoms with Crippen molar-refractivity contribution in [3.8, 4) is 0 Å². The predicted molar refractivity (Wildman–Crippen MR) is 79.8 cm³/mol. The number of hydrogen-bond acceptors (Lipinski definition) is 7. The minimum absolute atomic E-state index is 0.234. The van der Waals surface area contributed by atoms with Crippen LogP contribution in [0.25, 0.3) is 0 Å². The van der Waals surface area contributed by atoms with Gasteiger partial charge >= 0.3 is 5.97 Å². The maximum atomic E-state index is 11.7. The third kappa shape index (κ3) is 6.67. The van der Waals surface area contributed by atoms with E-state index in [-0.39, 0.29) is 11.5 Å². The van der Waals surface area contributed by atoms with Crippen molar-refractivity contribution in [2.24, 2.45) is 5.92 Å². The van der Waals surface area contributed by atoms with Crippen LogP contribution in [0.4, 0.5) is 0 Å². The number of ether oxygens (including phenoxy) is 1. The highest BCUT2D eigenvalue weighted by atomic mass is 16.5. The maximum absolute atomic E-state index is 11.7. The van der Waals surface area contributed by atoms with Crippen LogP contribution in [0.5, 0.6) is 0 Å². The van der Waals surface area contributed by atoms with Gasteiger partial charge in [-0.1, -0.05) is 25.2 Å². The SMILES string of the molecule is C=C(C)C(O)C(C)C=C(C)C(=O)OCC(O)C(O)C(O)CO. The van der Waals surface area contributed by atoms with Crippen LogP contribution in [-0.4, -0.2) is 69.1 Å². The summed E-state index contributed by atoms with van der Waals surface area (Å²) in [4.78, 5) is 11.7. The first-order valence-electron chi connectivity index (χ1n) is 6.95. The number of carbonyl (C=O) groups excluding carboxylic acids is 1. The molecule has 0 radical (unpaired) electrons. The van der Waals surface area contributed by atoms with Crippen molar-refractivity contribution in [2.45, 2.75) is 45.2 Å². The molecule has 0 spiro atoms. The molecule has 0 aliphatic carbocycles. The Morgan fingerprint density at radius 1 is 1.18 bits per heavy atom. The Bertz CT molecular complexity index is 405. The smallest absolute Gasteiger partial charge is 0.333 e. The van der Waals surface area contributed by atoms with E-state index in [4.69, 9.17) is 14.9 Å². The van der Waals surface area contributed by atoms with Crippen molar-refractivity contribution in [1.82, 2.24) is 0 Å². The van der Waals surface area contributed by atoms with Gasteiger partial charge in [0.15, 0.2) is 0 Å². The van der Waals surface area contributed by atoms with Gasteiger partial charge in [-0.25, -0.2) is 4.79 Å². The molecule has 5 unspecified atom stereocenters. The van der Waals surface area contributed by atoms with Crippen molar-refractivity contribution in [1.29, 1.82) is 0 Å². The second-order valence-corrected chi connectivity index (χ2v) is 5.41. The summed E-state index contributed by atoms with van der Waals surface area (Å²) in [6, 6.07) is 0. The summed E-state index contributed by atoms with van der Waals surface area (Å²) in [6.07, 6.45) is -3.91. The van der Waals surface area contributed by atoms with Gasteiger partial charge in [0.2, 0.25) is 0 Å². The highest BCUT2D eigenvalue weighted by Crippen LogP contribution is 2.14. The second-order valence-electron chi connectivity index (χ2n) is 5.41. The van der Waals surface area contributed by atoms with E-state index >= 15 is 0 Å². The molecule has 0 aliphatic heterocycles. The summed E-state index contributed by atoms with van der Waals surface area (Å²) in [7, 11) is 0. The van der Waals surface area contributed by atoms with Crippen LogP contribution in [0.15, 0.2) is 23.8 Å². The lowest BCUT2D eigenvalue weighted by Crippen LogP contribution is -2.42. The first-order chi connectivity index (χ1) is 10.1. The fraction of sp³-hybridized carbons (Fsp3) is 0.667. The van der Waals surface area contributed by atoms with Gasteiger partial charge in [-0.15, -0.1) is 0 Å². The normalized spacial score (nSPS) is 19.0. The second kappa shape index (κ2) is 9.70. The topological polar surface area (TPSA) is 127 Å². The molecule has 0 aromatic heterocycles. The van der Waals surface area contributed by atoms with Gasteiger partial charge in [0.05, 0.1) is 12.7 Å². The summed E-state index contributed by atoms with van der Waals surface area (Å²) >= 11 is 0. The molecule has 128 valence electrons. The van der Waals surface area contributed by atoms with Crippen molar-refractivity contribution in [2.75, 3.05) is 13.2 Å². The molecule has 0 heterocycles. The standard InChI is InChI=1S/C15H26O7/c1-8(2)13(19)9(3)5-10(4)15(21)22-7-12(18)14(20)11(17)6-16/h5,9,11-14,16-20H,1,6-7H2,2-4H3. The number of aliphatic hydroxyl groups excluding tert-OH is 5. The van der Waals surface area contributed by atoms with Gasteiger partial charge in [-0.05, 0) is 13.8 Å². The molecule has 0 saturated carbocycles. The predicted octanol–water partition coefficient (Wildman–Crippen LogP) is -0.876. The average Bonchev–Trinajstić information content (AvgIpc) is 2.49. The van der Waals surface area contributed by atoms with Crippen molar-refractivity contribution >= 4 is 5.97 Å². The highest BCUT2D eigenvalue weighted by Gasteiger charge is 2.25. The number of aliphatic hydroxyl groups is 5. The van der Waals surface area contributed by atoms with Gasteiger partial charge in [0, 0.05) is 11.5 Å². The monoisotopic (exact) mass is 318 g/mol. The molecule has 5 atom stereocenters. The lowest BCUT2D eigenvalue weighted by molar-refractivity contribution is -0.148. The molecule has 22 heavy (non-hydrogen) atoms. The Morgan fingerprint density at radius 3 is 2.18 bits per heavy atom. The van der Waals surface area contributed by atoms with E-state index in [1.54, 1.807) is 13.8 Å². The zero-order valence-corrected chi connectivity index (χ0v) is 13.1. The summed E-state index contributed by atoms with van der Waals surface area (Å²) in [6.45, 7) is 7.27. The van der Waals surface area contributed by atoms with Gasteiger partial charge < -0.3 is 30.3 Å². The van der Waals surface area contributed by atoms with E-state index in [1.807, 2.05) is 0 Å². The van der Waals surface area contributed by atoms with E-state index in [1.165, 1.54) is 13.0 Å². The Hall–Kier alpha value is -1.25. The molecule has 0 amide bonds. The van der Waals surface area contributed by atoms with Crippen LogP contribution >= 0.6 is 0 Å². The third-order valence-electron chi connectivity index (χ3n) is 3.20. The average molecular weight is 318 g/mol. The first kappa shape index (κ1) is 20.8. The minimum atomic E-state index is -1.62. The van der Waals surface area contributed by atoms with Crippen LogP contribution in [0, 0.1) is 5.92 Å². The van der Waals surface area contributed by atoms with E-state index in [0.717, 1.165) is 0 Å². The lowest BCUT2D eigenvalue weighted by atomic mass is 9.97. The number of rotatable bonds is 9. The molecule has 0 rings (SSSR count). The summed E-state index contributed by atoms with van der Waals surface area (Å²) in [5, 5.41) is 46.5. The first-order valence-corrected chi connectivity index (χ1v) is 6.95. The van der Waals surface area contributed by atoms with Crippen LogP contribution in [0.2, 0.25) is 0 Å². The van der Waals surface area contributed by atoms with Crippen LogP contribution in [-0.2, 0) is 9.53 Å². The van der Waals surface area contributed by atoms with Crippen LogP contribution in [0.3, 0.4) is 0 Å². The van der Waals surface area contributed by atoms with Crippen molar-refractivity contribution in [3.05, 3.63) is 23.8 Å². The van der Waals surface area contributed by atoms with Gasteiger partial charge in [0.1, 0.15) is 24.9 Å². The summed E-state index contributed by atoms with van der Waals surface area (Å²) < 4.78 is 4.81. The molecular weight excluding hydrogens is 292 g/mol. The Morgan fingerprint density at radius 2 is 1.73 bits per heavy atom. The Balaban J connectivity index is 4.51. The van der Waals surface area contributed by atoms with Gasteiger partial charge in [0.25, 0.3) is 0 Å². The molecule has 0 fully saturated rings. The highest BCUT2D eigenvalue weighted by molar-refractivity contribution is 5.87. The largest absolute Gasteiger partial charge is 0.459 e. The molecule has 0 aliphatic rings. The van der Waals surface area contributed by atoms with Crippen LogP contribution < -0.4 is 0 Å². The molecule has 7 heteroatoms. The molecular formula is C15H26O7. The van der Waals surface area contributed by atoms with E-state index in [9.17, 15) is 20.1 Å². The van der Waals surface area contributed by atoms with Crippen molar-refractivity contribution < 1.29 is 35.1 Å². The molecule has 5 N–H and O–H groups in total. The van der Waals surface area contributed by atoms with E-state index in [0.29, 0.717) is 5.57 Å². The van der Waals surface area contributed by atoms with Gasteiger partial charge in [-0.2, -0.15) is 0 Å². The molecule has 0 saturated heterocycles. The van der Waals surface area contributed by atoms with E-state index < -0.39 is 43.6 Å². The maximum Gasteiger partial charge on any atom is 0.333 e. The van der Waals surface area contributed by atoms with Gasteiger partial charge in [-0.3, -0.25) is 0 Å². The fourth-order valence-electron chi connectivity index (χ4n) is 1.74.